The van der Waals surface area contributed by atoms with Crippen LogP contribution < -0.4 is 29.6 Å². The van der Waals surface area contributed by atoms with Gasteiger partial charge < -0.3 is 14.0 Å². The number of unbranched alkanes of at least 4 members (excludes halogenated alkanes) is 28. The molecule has 0 aromatic heterocycles. The van der Waals surface area contributed by atoms with E-state index in [1.807, 2.05) is 12.2 Å². The van der Waals surface area contributed by atoms with Gasteiger partial charge in [0.15, 0.2) is 0 Å². The summed E-state index contributed by atoms with van der Waals surface area (Å²) in [4.78, 5) is 25.2. The molecular formula is C44H73NaO7S. The fourth-order valence-electron chi connectivity index (χ4n) is 6.54. The van der Waals surface area contributed by atoms with E-state index in [-0.39, 0.29) is 53.9 Å². The molecule has 0 atom stereocenters. The van der Waals surface area contributed by atoms with Gasteiger partial charge in [-0.15, -0.1) is 13.2 Å². The van der Waals surface area contributed by atoms with Gasteiger partial charge >= 0.3 is 41.5 Å². The zero-order valence-corrected chi connectivity index (χ0v) is 36.5. The van der Waals surface area contributed by atoms with Crippen molar-refractivity contribution in [1.29, 1.82) is 0 Å². The third kappa shape index (κ3) is 29.5. The van der Waals surface area contributed by atoms with Gasteiger partial charge in [0.05, 0.1) is 29.2 Å². The van der Waals surface area contributed by atoms with Crippen LogP contribution in [0.25, 0.3) is 0 Å². The van der Waals surface area contributed by atoms with E-state index >= 15 is 0 Å². The predicted molar refractivity (Wildman–Crippen MR) is 214 cm³/mol. The molecule has 7 nitrogen and oxygen atoms in total. The first-order valence-electron chi connectivity index (χ1n) is 21.0. The normalized spacial score (nSPS) is 11.2. The van der Waals surface area contributed by atoms with Crippen LogP contribution in [-0.4, -0.2) is 38.1 Å². The first kappa shape index (κ1) is 51.5. The Kier molecular flexibility index (Phi) is 35.2. The van der Waals surface area contributed by atoms with E-state index in [0.717, 1.165) is 63.5 Å². The predicted octanol–water partition coefficient (Wildman–Crippen LogP) is 9.98. The molecule has 1 rings (SSSR count). The zero-order chi connectivity index (χ0) is 38.0. The third-order valence-corrected chi connectivity index (χ3v) is 10.6. The Morgan fingerprint density at radius 3 is 1.08 bits per heavy atom. The molecule has 0 amide bonds. The molecule has 0 heterocycles. The minimum Gasteiger partial charge on any atom is -0.744 e. The zero-order valence-electron chi connectivity index (χ0n) is 33.7. The monoisotopic (exact) mass is 768 g/mol. The number of esters is 2. The molecule has 0 saturated carbocycles. The van der Waals surface area contributed by atoms with Gasteiger partial charge in [-0.1, -0.05) is 166 Å². The Balaban J connectivity index is 0.0000270. The molecule has 1 aromatic carbocycles. The summed E-state index contributed by atoms with van der Waals surface area (Å²) in [6.07, 6.45) is 40.0. The number of rotatable bonds is 37. The van der Waals surface area contributed by atoms with Crippen molar-refractivity contribution in [2.45, 2.75) is 198 Å². The number of carbonyl (C=O) groups is 2. The number of ether oxygens (including phenoxy) is 2. The number of carbonyl (C=O) groups excluding carboxylic acids is 2. The Labute approximate surface area is 347 Å². The van der Waals surface area contributed by atoms with Gasteiger partial charge in [0, 0.05) is 0 Å². The first-order valence-corrected chi connectivity index (χ1v) is 22.4. The Hall–Kier alpha value is -1.45. The molecule has 298 valence electrons. The summed E-state index contributed by atoms with van der Waals surface area (Å²) in [6, 6.07) is 3.13. The minimum atomic E-state index is -4.81. The van der Waals surface area contributed by atoms with Gasteiger partial charge in [0.25, 0.3) is 0 Å². The summed E-state index contributed by atoms with van der Waals surface area (Å²) in [7, 11) is -4.81. The molecular weight excluding hydrogens is 696 g/mol. The summed E-state index contributed by atoms with van der Waals surface area (Å²) < 4.78 is 45.7. The molecule has 0 aliphatic rings. The molecule has 53 heavy (non-hydrogen) atoms. The van der Waals surface area contributed by atoms with Gasteiger partial charge in [-0.3, -0.25) is 0 Å². The van der Waals surface area contributed by atoms with E-state index in [2.05, 4.69) is 13.2 Å². The number of hydrogen-bond acceptors (Lipinski definition) is 7. The van der Waals surface area contributed by atoms with Gasteiger partial charge in [-0.2, -0.15) is 0 Å². The van der Waals surface area contributed by atoms with Crippen molar-refractivity contribution in [1.82, 2.24) is 0 Å². The van der Waals surface area contributed by atoms with E-state index in [1.54, 1.807) is 0 Å². The van der Waals surface area contributed by atoms with E-state index in [1.165, 1.54) is 134 Å². The van der Waals surface area contributed by atoms with Crippen LogP contribution in [0, 0.1) is 0 Å². The van der Waals surface area contributed by atoms with E-state index in [9.17, 15) is 22.6 Å². The van der Waals surface area contributed by atoms with Gasteiger partial charge in [0.1, 0.15) is 10.1 Å². The molecule has 0 unspecified atom stereocenters. The SMILES string of the molecule is C=CCCCCCCCCCCCCCCCCOC(=O)c1ccc(S(=O)(=O)[O-])cc1C(=O)OCCCCCCCCCCCCCCCCC=C.[Na+]. The molecule has 0 spiro atoms. The largest absolute Gasteiger partial charge is 1.00 e. The summed E-state index contributed by atoms with van der Waals surface area (Å²) in [5, 5.41) is 0. The summed E-state index contributed by atoms with van der Waals surface area (Å²) >= 11 is 0. The van der Waals surface area contributed by atoms with Crippen molar-refractivity contribution in [3.63, 3.8) is 0 Å². The second-order valence-corrected chi connectivity index (χ2v) is 15.9. The molecule has 0 saturated heterocycles. The van der Waals surface area contributed by atoms with Crippen LogP contribution in [0.5, 0.6) is 0 Å². The third-order valence-electron chi connectivity index (χ3n) is 9.79. The smallest absolute Gasteiger partial charge is 0.744 e. The Morgan fingerprint density at radius 1 is 0.491 bits per heavy atom. The van der Waals surface area contributed by atoms with Crippen molar-refractivity contribution in [3.05, 3.63) is 54.6 Å². The van der Waals surface area contributed by atoms with Crippen LogP contribution in [-0.2, 0) is 19.6 Å². The van der Waals surface area contributed by atoms with E-state index in [4.69, 9.17) is 9.47 Å². The summed E-state index contributed by atoms with van der Waals surface area (Å²) in [5.41, 5.74) is -0.341. The van der Waals surface area contributed by atoms with Gasteiger partial charge in [-0.25, -0.2) is 18.0 Å². The number of hydrogen-bond donors (Lipinski definition) is 0. The van der Waals surface area contributed by atoms with Crippen LogP contribution >= 0.6 is 0 Å². The molecule has 0 bridgehead atoms. The maximum Gasteiger partial charge on any atom is 1.00 e. The van der Waals surface area contributed by atoms with Crippen LogP contribution in [0.3, 0.4) is 0 Å². The topological polar surface area (TPSA) is 110 Å². The van der Waals surface area contributed by atoms with Crippen LogP contribution in [0.2, 0.25) is 0 Å². The maximum absolute atomic E-state index is 12.9. The Bertz CT molecular complexity index is 1180. The van der Waals surface area contributed by atoms with Crippen molar-refractivity contribution in [3.8, 4) is 0 Å². The summed E-state index contributed by atoms with van der Waals surface area (Å²) in [5.74, 6) is -1.55. The molecule has 0 N–H and O–H groups in total. The van der Waals surface area contributed by atoms with Gasteiger partial charge in [0.2, 0.25) is 0 Å². The maximum atomic E-state index is 12.9. The molecule has 0 aliphatic carbocycles. The molecule has 0 fully saturated rings. The Morgan fingerprint density at radius 2 is 0.774 bits per heavy atom. The van der Waals surface area contributed by atoms with Crippen LogP contribution in [0.1, 0.15) is 213 Å². The second kappa shape index (κ2) is 36.2. The molecule has 9 heteroatoms. The molecule has 0 radical (unpaired) electrons. The van der Waals surface area contributed by atoms with Crippen LogP contribution in [0.15, 0.2) is 48.4 Å². The molecule has 0 aliphatic heterocycles. The van der Waals surface area contributed by atoms with E-state index in [0.29, 0.717) is 12.8 Å². The summed E-state index contributed by atoms with van der Waals surface area (Å²) in [6.45, 7) is 7.91. The first-order chi connectivity index (χ1) is 25.3. The minimum absolute atomic E-state index is 0. The second-order valence-electron chi connectivity index (χ2n) is 14.5. The van der Waals surface area contributed by atoms with Crippen molar-refractivity contribution < 1.29 is 61.6 Å². The average Bonchev–Trinajstić information content (AvgIpc) is 3.13. The van der Waals surface area contributed by atoms with E-state index < -0.39 is 27.0 Å². The van der Waals surface area contributed by atoms with Gasteiger partial charge in [-0.05, 0) is 56.7 Å². The fourth-order valence-corrected chi connectivity index (χ4v) is 7.03. The van der Waals surface area contributed by atoms with Crippen LogP contribution in [0.4, 0.5) is 0 Å². The quantitative estimate of drug-likeness (QED) is 0.0218. The fraction of sp³-hybridized carbons (Fsp3) is 0.727. The number of benzene rings is 1. The van der Waals surface area contributed by atoms with Crippen molar-refractivity contribution >= 4 is 22.1 Å². The molecule has 1 aromatic rings. The number of allylic oxidation sites excluding steroid dienone is 2. The van der Waals surface area contributed by atoms with Crippen molar-refractivity contribution in [2.75, 3.05) is 13.2 Å². The average molecular weight is 769 g/mol. The standard InChI is InChI=1S/C44H74O7S.Na/c1-3-5-7-9-11-13-15-17-19-21-23-25-27-29-31-33-37-50-43(45)41-36-35-40(52(47,48)49)39-42(41)44(46)51-38-34-32-30-28-26-24-22-20-18-16-14-12-10-8-6-4-2;/h3-4,35-36,39H,1-2,5-34,37-38H2,(H,47,48,49);/q;+1/p-1. The van der Waals surface area contributed by atoms with Crippen molar-refractivity contribution in [2.24, 2.45) is 0 Å².